The van der Waals surface area contributed by atoms with Crippen LogP contribution in [0.1, 0.15) is 28.8 Å². The molecule has 1 aliphatic rings. The Morgan fingerprint density at radius 3 is 3.13 bits per heavy atom. The van der Waals surface area contributed by atoms with E-state index in [4.69, 9.17) is 5.73 Å². The number of aryl methyl sites for hydroxylation is 1. The van der Waals surface area contributed by atoms with Crippen LogP contribution in [0.3, 0.4) is 0 Å². The fraction of sp³-hybridized carbons (Fsp3) is 0.455. The second-order valence-corrected chi connectivity index (χ2v) is 5.12. The zero-order chi connectivity index (χ0) is 10.8. The number of anilines is 1. The fourth-order valence-corrected chi connectivity index (χ4v) is 2.96. The Bertz CT molecular complexity index is 386. The van der Waals surface area contributed by atoms with E-state index < -0.39 is 0 Å². The fourth-order valence-electron chi connectivity index (χ4n) is 1.74. The van der Waals surface area contributed by atoms with E-state index in [0.29, 0.717) is 11.4 Å². The minimum atomic E-state index is 0.0934. The number of carbonyl (C=O) groups excluding carboxylic acids is 1. The molecule has 1 aliphatic heterocycles. The Hall–Kier alpha value is -1.03. The van der Waals surface area contributed by atoms with Gasteiger partial charge in [-0.3, -0.25) is 4.79 Å². The van der Waals surface area contributed by atoms with E-state index in [9.17, 15) is 4.79 Å². The molecule has 0 bridgehead atoms. The summed E-state index contributed by atoms with van der Waals surface area (Å²) in [6.45, 7) is 1.92. The van der Waals surface area contributed by atoms with Crippen molar-refractivity contribution < 1.29 is 4.79 Å². The first-order chi connectivity index (χ1) is 7.18. The molecule has 0 spiro atoms. The van der Waals surface area contributed by atoms with Gasteiger partial charge >= 0.3 is 0 Å². The minimum Gasteiger partial charge on any atom is -0.383 e. The third kappa shape index (κ3) is 2.15. The number of aromatic nitrogens is 1. The molecule has 1 atom stereocenters. The number of nitrogens with zero attached hydrogens (tertiary/aromatic N) is 1. The van der Waals surface area contributed by atoms with Crippen LogP contribution < -0.4 is 5.73 Å². The van der Waals surface area contributed by atoms with Gasteiger partial charge in [-0.25, -0.2) is 4.98 Å². The molecule has 3 nitrogen and oxygen atoms in total. The number of hydrogen-bond acceptors (Lipinski definition) is 4. The summed E-state index contributed by atoms with van der Waals surface area (Å²) in [4.78, 5) is 16.1. The second-order valence-electron chi connectivity index (χ2n) is 3.81. The zero-order valence-corrected chi connectivity index (χ0v) is 9.51. The van der Waals surface area contributed by atoms with E-state index in [0.717, 1.165) is 24.2 Å². The average molecular weight is 222 g/mol. The summed E-state index contributed by atoms with van der Waals surface area (Å²) >= 11 is 1.73. The lowest BCUT2D eigenvalue weighted by Crippen LogP contribution is -2.16. The summed E-state index contributed by atoms with van der Waals surface area (Å²) in [5.41, 5.74) is 7.29. The Morgan fingerprint density at radius 2 is 2.47 bits per heavy atom. The molecule has 4 heteroatoms. The predicted octanol–water partition coefficient (Wildman–Crippen LogP) is 2.05. The lowest BCUT2D eigenvalue weighted by molar-refractivity contribution is 0.0989. The lowest BCUT2D eigenvalue weighted by Gasteiger charge is -2.09. The molecule has 1 fully saturated rings. The molecule has 1 aromatic heterocycles. The van der Waals surface area contributed by atoms with Gasteiger partial charge in [0.2, 0.25) is 0 Å². The predicted molar refractivity (Wildman–Crippen MR) is 63.2 cm³/mol. The first kappa shape index (κ1) is 10.5. The second kappa shape index (κ2) is 4.23. The lowest BCUT2D eigenvalue weighted by atomic mass is 10.0. The van der Waals surface area contributed by atoms with Crippen molar-refractivity contribution in [3.8, 4) is 0 Å². The van der Waals surface area contributed by atoms with Crippen molar-refractivity contribution in [1.29, 1.82) is 0 Å². The van der Waals surface area contributed by atoms with Gasteiger partial charge in [-0.2, -0.15) is 11.8 Å². The van der Waals surface area contributed by atoms with Gasteiger partial charge in [0.1, 0.15) is 5.82 Å². The number of thioether (sulfide) groups is 1. The number of nitrogen functional groups attached to an aromatic ring is 1. The minimum absolute atomic E-state index is 0.0934. The third-order valence-electron chi connectivity index (χ3n) is 2.54. The van der Waals surface area contributed by atoms with Crippen molar-refractivity contribution in [2.75, 3.05) is 11.5 Å². The van der Waals surface area contributed by atoms with Crippen molar-refractivity contribution in [3.63, 3.8) is 0 Å². The monoisotopic (exact) mass is 222 g/mol. The van der Waals surface area contributed by atoms with Gasteiger partial charge in [0, 0.05) is 6.20 Å². The molecular weight excluding hydrogens is 208 g/mol. The van der Waals surface area contributed by atoms with Crippen LogP contribution in [-0.4, -0.2) is 21.8 Å². The van der Waals surface area contributed by atoms with Gasteiger partial charge in [0.25, 0.3) is 0 Å². The standard InChI is InChI=1S/C11H14N2OS/c1-7-5-8(11(12)13-6-7)10(14)9-3-2-4-15-9/h5-6,9H,2-4H2,1H3,(H2,12,13). The van der Waals surface area contributed by atoms with Crippen LogP contribution in [-0.2, 0) is 0 Å². The van der Waals surface area contributed by atoms with Crippen molar-refractivity contribution in [3.05, 3.63) is 23.4 Å². The van der Waals surface area contributed by atoms with Crippen LogP contribution in [0, 0.1) is 6.92 Å². The molecular formula is C11H14N2OS. The summed E-state index contributed by atoms with van der Waals surface area (Å²) < 4.78 is 0. The van der Waals surface area contributed by atoms with Gasteiger partial charge < -0.3 is 5.73 Å². The van der Waals surface area contributed by atoms with Gasteiger partial charge in [0.15, 0.2) is 5.78 Å². The number of Topliss-reactive ketones (excluding diaryl/α,β-unsaturated/α-hetero) is 1. The van der Waals surface area contributed by atoms with Crippen LogP contribution in [0.4, 0.5) is 5.82 Å². The Kier molecular flexibility index (Phi) is 2.95. The summed E-state index contributed by atoms with van der Waals surface area (Å²) in [5, 5.41) is 0.0934. The first-order valence-corrected chi connectivity index (χ1v) is 6.11. The maximum atomic E-state index is 12.1. The molecule has 1 unspecified atom stereocenters. The molecule has 1 saturated heterocycles. The summed E-state index contributed by atoms with van der Waals surface area (Å²) in [7, 11) is 0. The van der Waals surface area contributed by atoms with Crippen molar-refractivity contribution >= 4 is 23.4 Å². The molecule has 2 heterocycles. The number of carbonyl (C=O) groups is 1. The molecule has 80 valence electrons. The topological polar surface area (TPSA) is 56.0 Å². The average Bonchev–Trinajstić information content (AvgIpc) is 2.74. The molecule has 2 N–H and O–H groups in total. The van der Waals surface area contributed by atoms with Gasteiger partial charge in [-0.1, -0.05) is 0 Å². The number of nitrogens with two attached hydrogens (primary N) is 1. The normalized spacial score (nSPS) is 20.5. The van der Waals surface area contributed by atoms with Gasteiger partial charge in [-0.05, 0) is 37.1 Å². The summed E-state index contributed by atoms with van der Waals surface area (Å²) in [5.74, 6) is 1.58. The Balaban J connectivity index is 2.27. The molecule has 0 radical (unpaired) electrons. The molecule has 1 aromatic rings. The largest absolute Gasteiger partial charge is 0.383 e. The highest BCUT2D eigenvalue weighted by atomic mass is 32.2. The van der Waals surface area contributed by atoms with Crippen LogP contribution in [0.25, 0.3) is 0 Å². The number of pyridine rings is 1. The third-order valence-corrected chi connectivity index (χ3v) is 3.92. The van der Waals surface area contributed by atoms with E-state index in [-0.39, 0.29) is 11.0 Å². The van der Waals surface area contributed by atoms with Crippen LogP contribution in [0.2, 0.25) is 0 Å². The van der Waals surface area contributed by atoms with Gasteiger partial charge in [-0.15, -0.1) is 0 Å². The van der Waals surface area contributed by atoms with E-state index in [1.165, 1.54) is 0 Å². The number of rotatable bonds is 2. The van der Waals surface area contributed by atoms with E-state index in [1.54, 1.807) is 18.0 Å². The van der Waals surface area contributed by atoms with Crippen molar-refractivity contribution in [2.45, 2.75) is 25.0 Å². The van der Waals surface area contributed by atoms with E-state index in [1.807, 2.05) is 13.0 Å². The van der Waals surface area contributed by atoms with Crippen LogP contribution >= 0.6 is 11.8 Å². The summed E-state index contributed by atoms with van der Waals surface area (Å²) in [6, 6.07) is 1.84. The molecule has 2 rings (SSSR count). The van der Waals surface area contributed by atoms with Crippen molar-refractivity contribution in [2.24, 2.45) is 0 Å². The molecule has 0 saturated carbocycles. The quantitative estimate of drug-likeness (QED) is 0.778. The summed E-state index contributed by atoms with van der Waals surface area (Å²) in [6.07, 6.45) is 3.78. The van der Waals surface area contributed by atoms with Gasteiger partial charge in [0.05, 0.1) is 10.8 Å². The maximum absolute atomic E-state index is 12.1. The highest BCUT2D eigenvalue weighted by Gasteiger charge is 2.26. The maximum Gasteiger partial charge on any atom is 0.179 e. The van der Waals surface area contributed by atoms with E-state index in [2.05, 4.69) is 4.98 Å². The van der Waals surface area contributed by atoms with Crippen molar-refractivity contribution in [1.82, 2.24) is 4.98 Å². The molecule has 15 heavy (non-hydrogen) atoms. The highest BCUT2D eigenvalue weighted by Crippen LogP contribution is 2.30. The Morgan fingerprint density at radius 1 is 1.67 bits per heavy atom. The molecule has 0 aliphatic carbocycles. The first-order valence-electron chi connectivity index (χ1n) is 5.06. The number of ketones is 1. The molecule has 0 aromatic carbocycles. The van der Waals surface area contributed by atoms with Crippen LogP contribution in [0.15, 0.2) is 12.3 Å². The highest BCUT2D eigenvalue weighted by molar-refractivity contribution is 8.00. The van der Waals surface area contributed by atoms with Crippen LogP contribution in [0.5, 0.6) is 0 Å². The zero-order valence-electron chi connectivity index (χ0n) is 8.69. The molecule has 0 amide bonds. The SMILES string of the molecule is Cc1cnc(N)c(C(=O)C2CCCS2)c1. The number of hydrogen-bond donors (Lipinski definition) is 1. The Labute approximate surface area is 93.5 Å². The van der Waals surface area contributed by atoms with E-state index >= 15 is 0 Å². The smallest absolute Gasteiger partial charge is 0.179 e.